The maximum atomic E-state index is 11.9. The zero-order valence-corrected chi connectivity index (χ0v) is 11.9. The van der Waals surface area contributed by atoms with Gasteiger partial charge in [-0.05, 0) is 29.0 Å². The molecule has 0 bridgehead atoms. The second-order valence-electron chi connectivity index (χ2n) is 4.48. The smallest absolute Gasteiger partial charge is 0.279 e. The van der Waals surface area contributed by atoms with E-state index in [0.717, 1.165) is 10.9 Å². The first-order valence-corrected chi connectivity index (χ1v) is 7.28. The predicted octanol–water partition coefficient (Wildman–Crippen LogP) is 2.16. The number of nitrogens with one attached hydrogen (secondary N) is 2. The van der Waals surface area contributed by atoms with E-state index in [2.05, 4.69) is 10.9 Å². The third-order valence-corrected chi connectivity index (χ3v) is 3.92. The fraction of sp³-hybridized carbons (Fsp3) is 0.0667. The monoisotopic (exact) mass is 299 g/mol. The van der Waals surface area contributed by atoms with Crippen LogP contribution in [0.5, 0.6) is 0 Å². The third kappa shape index (κ3) is 2.95. The summed E-state index contributed by atoms with van der Waals surface area (Å²) < 4.78 is 1.84. The second kappa shape index (κ2) is 5.80. The molecule has 5 nitrogen and oxygen atoms in total. The van der Waals surface area contributed by atoms with Crippen molar-refractivity contribution in [1.29, 1.82) is 0 Å². The lowest BCUT2D eigenvalue weighted by atomic mass is 10.2. The number of carbonyl (C=O) groups excluding carboxylic acids is 2. The Morgan fingerprint density at radius 1 is 1.05 bits per heavy atom. The Morgan fingerprint density at radius 2 is 1.90 bits per heavy atom. The van der Waals surface area contributed by atoms with E-state index in [0.29, 0.717) is 4.88 Å². The van der Waals surface area contributed by atoms with E-state index >= 15 is 0 Å². The Morgan fingerprint density at radius 3 is 2.71 bits per heavy atom. The van der Waals surface area contributed by atoms with E-state index < -0.39 is 0 Å². The summed E-state index contributed by atoms with van der Waals surface area (Å²) in [6.45, 7) is 0.151. The topological polar surface area (TPSA) is 63.1 Å². The summed E-state index contributed by atoms with van der Waals surface area (Å²) >= 11 is 1.32. The van der Waals surface area contributed by atoms with Crippen molar-refractivity contribution < 1.29 is 9.59 Å². The van der Waals surface area contributed by atoms with Crippen molar-refractivity contribution in [1.82, 2.24) is 15.4 Å². The molecule has 1 aromatic carbocycles. The molecular weight excluding hydrogens is 286 g/mol. The lowest BCUT2D eigenvalue weighted by Gasteiger charge is -2.08. The number of carbonyl (C=O) groups is 2. The van der Waals surface area contributed by atoms with Crippen molar-refractivity contribution >= 4 is 34.1 Å². The molecule has 0 aliphatic rings. The molecule has 3 rings (SSSR count). The van der Waals surface area contributed by atoms with Crippen LogP contribution in [0, 0.1) is 0 Å². The number of para-hydroxylation sites is 1. The number of aromatic nitrogens is 1. The van der Waals surface area contributed by atoms with Crippen LogP contribution in [-0.2, 0) is 11.3 Å². The third-order valence-electron chi connectivity index (χ3n) is 3.05. The highest BCUT2D eigenvalue weighted by molar-refractivity contribution is 7.12. The molecule has 106 valence electrons. The van der Waals surface area contributed by atoms with E-state index in [4.69, 9.17) is 0 Å². The molecule has 21 heavy (non-hydrogen) atoms. The van der Waals surface area contributed by atoms with Crippen LogP contribution in [0.15, 0.2) is 54.0 Å². The number of amides is 2. The van der Waals surface area contributed by atoms with Crippen LogP contribution in [0.3, 0.4) is 0 Å². The molecule has 0 unspecified atom stereocenters. The maximum Gasteiger partial charge on any atom is 0.279 e. The first-order chi connectivity index (χ1) is 10.2. The van der Waals surface area contributed by atoms with Gasteiger partial charge in [-0.15, -0.1) is 11.3 Å². The molecule has 0 aliphatic carbocycles. The van der Waals surface area contributed by atoms with Crippen LogP contribution in [0.25, 0.3) is 10.9 Å². The Balaban J connectivity index is 1.60. The van der Waals surface area contributed by atoms with Gasteiger partial charge in [-0.25, -0.2) is 0 Å². The Bertz CT molecular complexity index is 777. The summed E-state index contributed by atoms with van der Waals surface area (Å²) in [6.07, 6.45) is 1.85. The molecule has 6 heteroatoms. The minimum atomic E-state index is -0.310. The lowest BCUT2D eigenvalue weighted by molar-refractivity contribution is -0.122. The fourth-order valence-electron chi connectivity index (χ4n) is 2.07. The molecule has 0 fully saturated rings. The molecule has 3 aromatic rings. The number of hydrogen-bond acceptors (Lipinski definition) is 3. The van der Waals surface area contributed by atoms with E-state index in [1.807, 2.05) is 46.5 Å². The number of rotatable bonds is 3. The van der Waals surface area contributed by atoms with Gasteiger partial charge < -0.3 is 4.57 Å². The highest BCUT2D eigenvalue weighted by atomic mass is 32.1. The molecule has 0 aliphatic heterocycles. The minimum absolute atomic E-state index is 0.151. The zero-order valence-electron chi connectivity index (χ0n) is 11.1. The summed E-state index contributed by atoms with van der Waals surface area (Å²) in [5, 5.41) is 2.89. The van der Waals surface area contributed by atoms with Crippen LogP contribution < -0.4 is 10.9 Å². The number of fused-ring (bicyclic) bond motifs is 1. The van der Waals surface area contributed by atoms with Gasteiger partial charge in [0.15, 0.2) is 0 Å². The summed E-state index contributed by atoms with van der Waals surface area (Å²) in [4.78, 5) is 24.1. The molecule has 0 spiro atoms. The van der Waals surface area contributed by atoms with Gasteiger partial charge >= 0.3 is 0 Å². The zero-order chi connectivity index (χ0) is 14.7. The Kier molecular flexibility index (Phi) is 3.70. The molecule has 2 aromatic heterocycles. The van der Waals surface area contributed by atoms with E-state index in [9.17, 15) is 9.59 Å². The van der Waals surface area contributed by atoms with Crippen LogP contribution in [-0.4, -0.2) is 16.4 Å². The van der Waals surface area contributed by atoms with Gasteiger partial charge in [-0.3, -0.25) is 20.4 Å². The minimum Gasteiger partial charge on any atom is -0.338 e. The number of hydrazine groups is 1. The average molecular weight is 299 g/mol. The largest absolute Gasteiger partial charge is 0.338 e. The highest BCUT2D eigenvalue weighted by Gasteiger charge is 2.09. The van der Waals surface area contributed by atoms with Gasteiger partial charge in [0.1, 0.15) is 6.54 Å². The van der Waals surface area contributed by atoms with Gasteiger partial charge in [0.2, 0.25) is 0 Å². The van der Waals surface area contributed by atoms with E-state index in [1.54, 1.807) is 12.1 Å². The standard InChI is InChI=1S/C15H13N3O2S/c19-14(16-17-15(20)13-6-3-9-21-13)10-18-8-7-11-4-1-2-5-12(11)18/h1-9H,10H2,(H,16,19)(H,17,20). The van der Waals surface area contributed by atoms with Crippen LogP contribution in [0.2, 0.25) is 0 Å². The maximum absolute atomic E-state index is 11.9. The van der Waals surface area contributed by atoms with Gasteiger partial charge in [-0.2, -0.15) is 0 Å². The first-order valence-electron chi connectivity index (χ1n) is 6.40. The average Bonchev–Trinajstić information content (AvgIpc) is 3.15. The highest BCUT2D eigenvalue weighted by Crippen LogP contribution is 2.14. The number of hydrogen-bond donors (Lipinski definition) is 2. The van der Waals surface area contributed by atoms with Gasteiger partial charge in [-0.1, -0.05) is 24.3 Å². The molecular formula is C15H13N3O2S. The summed E-state index contributed by atoms with van der Waals surface area (Å²) in [5.74, 6) is -0.586. The van der Waals surface area contributed by atoms with Gasteiger partial charge in [0.05, 0.1) is 4.88 Å². The van der Waals surface area contributed by atoms with Crippen molar-refractivity contribution in [3.63, 3.8) is 0 Å². The normalized spacial score (nSPS) is 10.5. The van der Waals surface area contributed by atoms with Crippen LogP contribution in [0.4, 0.5) is 0 Å². The van der Waals surface area contributed by atoms with E-state index in [-0.39, 0.29) is 18.4 Å². The first kappa shape index (κ1) is 13.4. The summed E-state index contributed by atoms with van der Waals surface area (Å²) in [7, 11) is 0. The number of benzene rings is 1. The molecule has 2 N–H and O–H groups in total. The summed E-state index contributed by atoms with van der Waals surface area (Å²) in [6, 6.07) is 13.3. The number of nitrogens with zero attached hydrogens (tertiary/aromatic N) is 1. The van der Waals surface area contributed by atoms with Crippen molar-refractivity contribution in [2.45, 2.75) is 6.54 Å². The van der Waals surface area contributed by atoms with Crippen LogP contribution >= 0.6 is 11.3 Å². The van der Waals surface area contributed by atoms with Crippen molar-refractivity contribution in [2.24, 2.45) is 0 Å². The Hall–Kier alpha value is -2.60. The molecule has 2 amide bonds. The SMILES string of the molecule is O=C(Cn1ccc2ccccc21)NNC(=O)c1cccs1. The van der Waals surface area contributed by atoms with Gasteiger partial charge in [0, 0.05) is 11.7 Å². The lowest BCUT2D eigenvalue weighted by Crippen LogP contribution is -2.42. The quantitative estimate of drug-likeness (QED) is 0.728. The van der Waals surface area contributed by atoms with Crippen molar-refractivity contribution in [2.75, 3.05) is 0 Å². The van der Waals surface area contributed by atoms with Crippen molar-refractivity contribution in [3.8, 4) is 0 Å². The van der Waals surface area contributed by atoms with Gasteiger partial charge in [0.25, 0.3) is 11.8 Å². The van der Waals surface area contributed by atoms with Crippen LogP contribution in [0.1, 0.15) is 9.67 Å². The molecule has 0 atom stereocenters. The number of thiophene rings is 1. The van der Waals surface area contributed by atoms with Crippen molar-refractivity contribution in [3.05, 3.63) is 58.9 Å². The Labute approximate surface area is 125 Å². The molecule has 2 heterocycles. The second-order valence-corrected chi connectivity index (χ2v) is 5.43. The predicted molar refractivity (Wildman–Crippen MR) is 81.9 cm³/mol. The fourth-order valence-corrected chi connectivity index (χ4v) is 2.69. The molecule has 0 radical (unpaired) electrons. The van der Waals surface area contributed by atoms with E-state index in [1.165, 1.54) is 11.3 Å². The molecule has 0 saturated carbocycles. The summed E-state index contributed by atoms with van der Waals surface area (Å²) in [5.41, 5.74) is 5.81. The molecule has 0 saturated heterocycles.